The summed E-state index contributed by atoms with van der Waals surface area (Å²) in [6.07, 6.45) is 22.9. The summed E-state index contributed by atoms with van der Waals surface area (Å²) in [6.45, 7) is 4.31. The fraction of sp³-hybridized carbons (Fsp3) is 0.512. The topological polar surface area (TPSA) is 0 Å². The van der Waals surface area contributed by atoms with Crippen molar-refractivity contribution in [3.8, 4) is 11.1 Å². The largest absolute Gasteiger partial charge is 0.239 e. The lowest BCUT2D eigenvalue weighted by Gasteiger charge is -2.35. The quantitative estimate of drug-likeness (QED) is 0.168. The number of benzene rings is 2. The molecule has 2 aromatic rings. The van der Waals surface area contributed by atoms with Crippen LogP contribution in [0, 0.1) is 23.6 Å². The molecule has 0 amide bonds. The van der Waals surface area contributed by atoms with Crippen LogP contribution < -0.4 is 0 Å². The first-order valence-electron chi connectivity index (χ1n) is 17.4. The molecule has 0 saturated heterocycles. The summed E-state index contributed by atoms with van der Waals surface area (Å²) in [5, 5.41) is 0. The number of hydrogen-bond donors (Lipinski definition) is 0. The molecule has 0 spiro atoms. The summed E-state index contributed by atoms with van der Waals surface area (Å²) >= 11 is 0. The van der Waals surface area contributed by atoms with Crippen LogP contribution in [0.2, 0.25) is 0 Å². The Morgan fingerprint density at radius 3 is 2.14 bits per heavy atom. The molecule has 5 rings (SSSR count). The highest BCUT2D eigenvalue weighted by Crippen LogP contribution is 2.42. The van der Waals surface area contributed by atoms with Crippen molar-refractivity contribution in [3.63, 3.8) is 0 Å². The van der Waals surface area contributed by atoms with E-state index in [1.807, 2.05) is 36.4 Å². The van der Waals surface area contributed by atoms with E-state index in [1.54, 1.807) is 18.2 Å². The number of hydrogen-bond acceptors (Lipinski definition) is 0. The molecule has 2 aromatic carbocycles. The van der Waals surface area contributed by atoms with E-state index < -0.39 is 12.3 Å². The highest BCUT2D eigenvalue weighted by Gasteiger charge is 2.31. The Morgan fingerprint density at radius 1 is 0.750 bits per heavy atom. The van der Waals surface area contributed by atoms with Crippen molar-refractivity contribution in [1.29, 1.82) is 0 Å². The van der Waals surface area contributed by atoms with E-state index in [0.29, 0.717) is 28.7 Å². The molecule has 3 aliphatic carbocycles. The van der Waals surface area contributed by atoms with Crippen molar-refractivity contribution < 1.29 is 13.2 Å². The second kappa shape index (κ2) is 16.0. The minimum absolute atomic E-state index is 0.190. The second-order valence-corrected chi connectivity index (χ2v) is 13.4. The highest BCUT2D eigenvalue weighted by atomic mass is 19.2. The zero-order chi connectivity index (χ0) is 30.9. The zero-order valence-electron chi connectivity index (χ0n) is 26.8. The SMILES string of the molecule is C/C=C/C1CCC(C2CC=C(c3ccc(-c4ccc(C5=CC=C(CCCCCCCC)C(F)C5F)cc4)cc3F)CC2)CC1. The summed E-state index contributed by atoms with van der Waals surface area (Å²) in [5.41, 5.74) is 5.13. The van der Waals surface area contributed by atoms with Gasteiger partial charge in [0, 0.05) is 5.56 Å². The summed E-state index contributed by atoms with van der Waals surface area (Å²) in [4.78, 5) is 0. The summed E-state index contributed by atoms with van der Waals surface area (Å²) in [7, 11) is 0. The molecular formula is C41H51F3. The van der Waals surface area contributed by atoms with Crippen LogP contribution in [0.3, 0.4) is 0 Å². The van der Waals surface area contributed by atoms with Gasteiger partial charge >= 0.3 is 0 Å². The molecular weight excluding hydrogens is 549 g/mol. The smallest absolute Gasteiger partial charge is 0.161 e. The second-order valence-electron chi connectivity index (χ2n) is 13.4. The molecule has 3 aliphatic rings. The van der Waals surface area contributed by atoms with Crippen LogP contribution in [0.1, 0.15) is 115 Å². The minimum atomic E-state index is -1.66. The van der Waals surface area contributed by atoms with Crippen molar-refractivity contribution in [1.82, 2.24) is 0 Å². The van der Waals surface area contributed by atoms with Crippen molar-refractivity contribution in [2.75, 3.05) is 0 Å². The van der Waals surface area contributed by atoms with Crippen molar-refractivity contribution in [2.45, 2.75) is 116 Å². The van der Waals surface area contributed by atoms with E-state index in [-0.39, 0.29) is 5.82 Å². The normalized spacial score (nSPS) is 25.9. The maximum atomic E-state index is 15.4. The molecule has 0 heterocycles. The van der Waals surface area contributed by atoms with E-state index in [9.17, 15) is 0 Å². The summed E-state index contributed by atoms with van der Waals surface area (Å²) < 4.78 is 45.6. The van der Waals surface area contributed by atoms with Crippen molar-refractivity contribution >= 4 is 11.1 Å². The highest BCUT2D eigenvalue weighted by molar-refractivity contribution is 5.76. The number of rotatable bonds is 12. The maximum absolute atomic E-state index is 15.4. The third-order valence-corrected chi connectivity index (χ3v) is 10.5. The van der Waals surface area contributed by atoms with Crippen molar-refractivity contribution in [2.24, 2.45) is 17.8 Å². The molecule has 0 bridgehead atoms. The van der Waals surface area contributed by atoms with Gasteiger partial charge < -0.3 is 0 Å². The average Bonchev–Trinajstić information content (AvgIpc) is 3.05. The molecule has 0 N–H and O–H groups in total. The van der Waals surface area contributed by atoms with E-state index in [1.165, 1.54) is 44.9 Å². The van der Waals surface area contributed by atoms with Crippen LogP contribution in [0.15, 0.2) is 78.4 Å². The Balaban J connectivity index is 1.18. The van der Waals surface area contributed by atoms with Gasteiger partial charge in [-0.25, -0.2) is 13.2 Å². The molecule has 1 fully saturated rings. The molecule has 0 nitrogen and oxygen atoms in total. The standard InChI is InChI=1S/C41H51F3/c1-3-5-6-7-8-9-11-35-24-27-38(41(44)40(35)43)34-22-18-32(19-23-34)36-25-26-37(39(42)28-36)33-20-16-31(17-21-33)30-14-12-29(10-4-2)13-15-30/h4,10,18-20,22-31,40-41H,3,5-9,11-17,21H2,1-2H3/b10-4+. The fourth-order valence-corrected chi connectivity index (χ4v) is 7.73. The molecule has 3 unspecified atom stereocenters. The molecule has 0 radical (unpaired) electrons. The van der Waals surface area contributed by atoms with Crippen molar-refractivity contribution in [3.05, 3.63) is 95.4 Å². The van der Waals surface area contributed by atoms with Crippen LogP contribution in [-0.2, 0) is 0 Å². The summed E-state index contributed by atoms with van der Waals surface area (Å²) in [6, 6.07) is 12.9. The Labute approximate surface area is 264 Å². The fourth-order valence-electron chi connectivity index (χ4n) is 7.73. The third-order valence-electron chi connectivity index (χ3n) is 10.5. The lowest BCUT2D eigenvalue weighted by atomic mass is 9.71. The van der Waals surface area contributed by atoms with Crippen LogP contribution in [0.4, 0.5) is 13.2 Å². The monoisotopic (exact) mass is 600 g/mol. The Hall–Kier alpha value is -2.81. The Bertz CT molecular complexity index is 1340. The number of halogens is 3. The van der Waals surface area contributed by atoms with Crippen LogP contribution in [-0.4, -0.2) is 12.3 Å². The molecule has 0 aliphatic heterocycles. The first-order valence-corrected chi connectivity index (χ1v) is 17.4. The lowest BCUT2D eigenvalue weighted by molar-refractivity contribution is 0.212. The first kappa shape index (κ1) is 32.6. The van der Waals surface area contributed by atoms with E-state index in [2.05, 4.69) is 32.1 Å². The number of allylic oxidation sites excluding steroid dienone is 8. The number of alkyl halides is 2. The maximum Gasteiger partial charge on any atom is 0.161 e. The van der Waals surface area contributed by atoms with Gasteiger partial charge in [0.15, 0.2) is 12.3 Å². The van der Waals surface area contributed by atoms with Gasteiger partial charge in [0.05, 0.1) is 0 Å². The lowest BCUT2D eigenvalue weighted by Crippen LogP contribution is -2.24. The van der Waals surface area contributed by atoms with Gasteiger partial charge in [0.2, 0.25) is 0 Å². The van der Waals surface area contributed by atoms with Gasteiger partial charge in [-0.15, -0.1) is 0 Å². The molecule has 44 heavy (non-hydrogen) atoms. The van der Waals surface area contributed by atoms with Gasteiger partial charge in [-0.2, -0.15) is 0 Å². The molecule has 3 atom stereocenters. The third kappa shape index (κ3) is 8.06. The zero-order valence-corrected chi connectivity index (χ0v) is 26.8. The number of unbranched alkanes of at least 4 members (excludes halogenated alkanes) is 5. The van der Waals surface area contributed by atoms with Crippen LogP contribution >= 0.6 is 0 Å². The predicted molar refractivity (Wildman–Crippen MR) is 181 cm³/mol. The van der Waals surface area contributed by atoms with E-state index in [0.717, 1.165) is 73.0 Å². The van der Waals surface area contributed by atoms with Gasteiger partial charge in [-0.05, 0) is 122 Å². The van der Waals surface area contributed by atoms with Crippen LogP contribution in [0.5, 0.6) is 0 Å². The summed E-state index contributed by atoms with van der Waals surface area (Å²) in [5.74, 6) is 2.10. The first-order chi connectivity index (χ1) is 21.5. The van der Waals surface area contributed by atoms with Crippen LogP contribution in [0.25, 0.3) is 22.3 Å². The molecule has 236 valence electrons. The van der Waals surface area contributed by atoms with Gasteiger partial charge in [-0.3, -0.25) is 0 Å². The van der Waals surface area contributed by atoms with E-state index in [4.69, 9.17) is 0 Å². The van der Waals surface area contributed by atoms with Gasteiger partial charge in [0.25, 0.3) is 0 Å². The molecule has 0 aromatic heterocycles. The van der Waals surface area contributed by atoms with Gasteiger partial charge in [0.1, 0.15) is 5.82 Å². The van der Waals surface area contributed by atoms with E-state index >= 15 is 13.2 Å². The predicted octanol–water partition coefficient (Wildman–Crippen LogP) is 12.8. The van der Waals surface area contributed by atoms with Gasteiger partial charge in [-0.1, -0.05) is 106 Å². The Kier molecular flexibility index (Phi) is 11.8. The molecule has 1 saturated carbocycles. The average molecular weight is 601 g/mol. The Morgan fingerprint density at radius 2 is 1.45 bits per heavy atom. The minimum Gasteiger partial charge on any atom is -0.239 e. The molecule has 3 heteroatoms.